The number of hydrogen-bond donors (Lipinski definition) is 0. The van der Waals surface area contributed by atoms with Crippen LogP contribution in [0.5, 0.6) is 0 Å². The first-order valence-corrected chi connectivity index (χ1v) is 4.71. The second kappa shape index (κ2) is 3.75. The fourth-order valence-electron chi connectivity index (χ4n) is 1.44. The Kier molecular flexibility index (Phi) is 2.46. The molecule has 0 spiro atoms. The molecule has 1 aliphatic rings. The molecule has 1 aromatic carbocycles. The summed E-state index contributed by atoms with van der Waals surface area (Å²) < 4.78 is 5.17. The van der Waals surface area contributed by atoms with Gasteiger partial charge in [-0.05, 0) is 24.0 Å². The summed E-state index contributed by atoms with van der Waals surface area (Å²) in [6.07, 6.45) is 4.69. The zero-order chi connectivity index (χ0) is 9.10. The molecular formula is C12H14O. The van der Waals surface area contributed by atoms with Gasteiger partial charge in [0.1, 0.15) is 0 Å². The maximum atomic E-state index is 5.17. The third-order valence-electron chi connectivity index (χ3n) is 2.34. The number of benzene rings is 1. The van der Waals surface area contributed by atoms with Crippen LogP contribution in [-0.4, -0.2) is 12.7 Å². The van der Waals surface area contributed by atoms with Crippen LogP contribution in [0.15, 0.2) is 30.8 Å². The zero-order valence-electron chi connectivity index (χ0n) is 7.70. The minimum atomic E-state index is 0.535. The van der Waals surface area contributed by atoms with Crippen LogP contribution in [-0.2, 0) is 11.2 Å². The lowest BCUT2D eigenvalue weighted by Gasteiger charge is -2.00. The Morgan fingerprint density at radius 2 is 2.38 bits per heavy atom. The number of epoxide rings is 1. The van der Waals surface area contributed by atoms with Crippen molar-refractivity contribution in [3.05, 3.63) is 42.0 Å². The second-order valence-corrected chi connectivity index (χ2v) is 3.44. The zero-order valence-corrected chi connectivity index (χ0v) is 7.70. The first-order chi connectivity index (χ1) is 6.38. The van der Waals surface area contributed by atoms with Crippen LogP contribution in [0.2, 0.25) is 0 Å². The SMILES string of the molecule is C=Cc1cccc(CCC2CO2)c1. The Hall–Kier alpha value is -1.08. The van der Waals surface area contributed by atoms with Gasteiger partial charge >= 0.3 is 0 Å². The third kappa shape index (κ3) is 2.43. The van der Waals surface area contributed by atoms with E-state index in [9.17, 15) is 0 Å². The molecule has 1 heteroatoms. The molecule has 0 saturated carbocycles. The van der Waals surface area contributed by atoms with E-state index < -0.39 is 0 Å². The van der Waals surface area contributed by atoms with Gasteiger partial charge in [0.2, 0.25) is 0 Å². The molecule has 1 nitrogen and oxygen atoms in total. The molecule has 1 heterocycles. The van der Waals surface area contributed by atoms with Crippen LogP contribution in [0.25, 0.3) is 6.08 Å². The molecule has 1 atom stereocenters. The first kappa shape index (κ1) is 8.52. The molecule has 0 N–H and O–H groups in total. The summed E-state index contributed by atoms with van der Waals surface area (Å²) in [6, 6.07) is 8.51. The number of rotatable bonds is 4. The molecule has 68 valence electrons. The Morgan fingerprint density at radius 1 is 1.54 bits per heavy atom. The summed E-state index contributed by atoms with van der Waals surface area (Å²) >= 11 is 0. The average molecular weight is 174 g/mol. The van der Waals surface area contributed by atoms with Crippen molar-refractivity contribution in [2.45, 2.75) is 18.9 Å². The summed E-state index contributed by atoms with van der Waals surface area (Å²) in [5.74, 6) is 0. The van der Waals surface area contributed by atoms with Gasteiger partial charge in [0, 0.05) is 0 Å². The molecule has 1 aromatic rings. The highest BCUT2D eigenvalue weighted by atomic mass is 16.6. The van der Waals surface area contributed by atoms with Gasteiger partial charge in [-0.2, -0.15) is 0 Å². The van der Waals surface area contributed by atoms with Gasteiger partial charge in [-0.1, -0.05) is 36.9 Å². The maximum absolute atomic E-state index is 5.17. The lowest BCUT2D eigenvalue weighted by Crippen LogP contribution is -1.91. The van der Waals surface area contributed by atoms with E-state index in [4.69, 9.17) is 4.74 Å². The van der Waals surface area contributed by atoms with Crippen LogP contribution in [0.4, 0.5) is 0 Å². The van der Waals surface area contributed by atoms with Crippen molar-refractivity contribution in [1.29, 1.82) is 0 Å². The first-order valence-electron chi connectivity index (χ1n) is 4.71. The molecule has 1 unspecified atom stereocenters. The predicted molar refractivity (Wildman–Crippen MR) is 54.6 cm³/mol. The van der Waals surface area contributed by atoms with Crippen LogP contribution in [0, 0.1) is 0 Å². The quantitative estimate of drug-likeness (QED) is 0.639. The van der Waals surface area contributed by atoms with E-state index in [1.807, 2.05) is 6.08 Å². The standard InChI is InChI=1S/C12H14O/c1-2-10-4-3-5-11(8-10)6-7-12-9-13-12/h2-5,8,12H,1,6-7,9H2. The predicted octanol–water partition coefficient (Wildman–Crippen LogP) is 2.66. The number of ether oxygens (including phenoxy) is 1. The minimum absolute atomic E-state index is 0.535. The van der Waals surface area contributed by atoms with Crippen LogP contribution in [0.3, 0.4) is 0 Å². The van der Waals surface area contributed by atoms with Crippen molar-refractivity contribution in [3.8, 4) is 0 Å². The lowest BCUT2D eigenvalue weighted by atomic mass is 10.1. The Bertz CT molecular complexity index is 300. The highest BCUT2D eigenvalue weighted by molar-refractivity contribution is 5.47. The Balaban J connectivity index is 1.97. The molecule has 0 amide bonds. The molecule has 0 aromatic heterocycles. The molecule has 0 bridgehead atoms. The summed E-state index contributed by atoms with van der Waals surface area (Å²) in [5.41, 5.74) is 2.59. The van der Waals surface area contributed by atoms with Crippen molar-refractivity contribution in [3.63, 3.8) is 0 Å². The van der Waals surface area contributed by atoms with Crippen LogP contribution in [0.1, 0.15) is 17.5 Å². The van der Waals surface area contributed by atoms with Crippen molar-refractivity contribution in [1.82, 2.24) is 0 Å². The molecule has 1 fully saturated rings. The molecule has 0 radical (unpaired) electrons. The second-order valence-electron chi connectivity index (χ2n) is 3.44. The Labute approximate surface area is 79.0 Å². The van der Waals surface area contributed by atoms with E-state index in [2.05, 4.69) is 30.8 Å². The van der Waals surface area contributed by atoms with Crippen molar-refractivity contribution >= 4 is 6.08 Å². The minimum Gasteiger partial charge on any atom is -0.373 e. The molecule has 0 aliphatic carbocycles. The molecule has 1 aliphatic heterocycles. The molecule has 13 heavy (non-hydrogen) atoms. The van der Waals surface area contributed by atoms with E-state index in [-0.39, 0.29) is 0 Å². The monoisotopic (exact) mass is 174 g/mol. The molecular weight excluding hydrogens is 160 g/mol. The summed E-state index contributed by atoms with van der Waals surface area (Å²) in [5, 5.41) is 0. The fourth-order valence-corrected chi connectivity index (χ4v) is 1.44. The van der Waals surface area contributed by atoms with Gasteiger partial charge in [-0.3, -0.25) is 0 Å². The van der Waals surface area contributed by atoms with Crippen molar-refractivity contribution in [2.24, 2.45) is 0 Å². The largest absolute Gasteiger partial charge is 0.373 e. The fraction of sp³-hybridized carbons (Fsp3) is 0.333. The van der Waals surface area contributed by atoms with Gasteiger partial charge < -0.3 is 4.74 Å². The van der Waals surface area contributed by atoms with Gasteiger partial charge in [0.05, 0.1) is 12.7 Å². The maximum Gasteiger partial charge on any atom is 0.0813 e. The van der Waals surface area contributed by atoms with E-state index in [1.165, 1.54) is 11.1 Å². The van der Waals surface area contributed by atoms with Crippen molar-refractivity contribution < 1.29 is 4.74 Å². The molecule has 1 saturated heterocycles. The smallest absolute Gasteiger partial charge is 0.0813 e. The van der Waals surface area contributed by atoms with E-state index in [1.54, 1.807) is 0 Å². The topological polar surface area (TPSA) is 12.5 Å². The summed E-state index contributed by atoms with van der Waals surface area (Å²) in [7, 11) is 0. The highest BCUT2D eigenvalue weighted by Gasteiger charge is 2.21. The Morgan fingerprint density at radius 3 is 3.08 bits per heavy atom. The summed E-state index contributed by atoms with van der Waals surface area (Å²) in [6.45, 7) is 4.71. The van der Waals surface area contributed by atoms with Gasteiger partial charge in [-0.15, -0.1) is 0 Å². The van der Waals surface area contributed by atoms with Gasteiger partial charge in [0.25, 0.3) is 0 Å². The van der Waals surface area contributed by atoms with Crippen LogP contribution < -0.4 is 0 Å². The number of aryl methyl sites for hydroxylation is 1. The van der Waals surface area contributed by atoms with E-state index >= 15 is 0 Å². The lowest BCUT2D eigenvalue weighted by molar-refractivity contribution is 0.397. The normalized spacial score (nSPS) is 19.8. The highest BCUT2D eigenvalue weighted by Crippen LogP contribution is 2.17. The van der Waals surface area contributed by atoms with Crippen LogP contribution >= 0.6 is 0 Å². The molecule has 2 rings (SSSR count). The average Bonchev–Trinajstić information content (AvgIpc) is 2.99. The van der Waals surface area contributed by atoms with Gasteiger partial charge in [-0.25, -0.2) is 0 Å². The number of hydrogen-bond acceptors (Lipinski definition) is 1. The van der Waals surface area contributed by atoms with E-state index in [0.29, 0.717) is 6.10 Å². The van der Waals surface area contributed by atoms with Gasteiger partial charge in [0.15, 0.2) is 0 Å². The van der Waals surface area contributed by atoms with Crippen molar-refractivity contribution in [2.75, 3.05) is 6.61 Å². The summed E-state index contributed by atoms with van der Waals surface area (Å²) in [4.78, 5) is 0. The van der Waals surface area contributed by atoms with E-state index in [0.717, 1.165) is 19.4 Å². The third-order valence-corrected chi connectivity index (χ3v) is 2.34.